The van der Waals surface area contributed by atoms with E-state index in [1.54, 1.807) is 16.7 Å². The van der Waals surface area contributed by atoms with Crippen LogP contribution in [0.4, 0.5) is 0 Å². The fourth-order valence-corrected chi connectivity index (χ4v) is 6.77. The van der Waals surface area contributed by atoms with Gasteiger partial charge < -0.3 is 9.30 Å². The Kier molecular flexibility index (Phi) is 10.2. The lowest BCUT2D eigenvalue weighted by atomic mass is 10.2. The average molecular weight is 581 g/mol. The molecule has 0 saturated carbocycles. The van der Waals surface area contributed by atoms with Crippen LogP contribution < -0.4 is 4.80 Å². The molecular formula is C24H23Cl2N5O4S2. The zero-order valence-corrected chi connectivity index (χ0v) is 23.0. The maximum absolute atomic E-state index is 13.0. The first-order valence-electron chi connectivity index (χ1n) is 11.2. The molecule has 1 aromatic heterocycles. The number of ether oxygens (including phenoxy) is 1. The molecular weight excluding hydrogens is 557 g/mol. The van der Waals surface area contributed by atoms with Gasteiger partial charge in [-0.2, -0.15) is 19.8 Å². The van der Waals surface area contributed by atoms with E-state index < -0.39 is 15.9 Å². The van der Waals surface area contributed by atoms with Gasteiger partial charge in [0.05, 0.1) is 38.9 Å². The second-order valence-corrected chi connectivity index (χ2v) is 11.4. The molecule has 1 amide bonds. The number of thiazole rings is 1. The Morgan fingerprint density at radius 1 is 1.14 bits per heavy atom. The van der Waals surface area contributed by atoms with Crippen LogP contribution >= 0.6 is 34.5 Å². The molecule has 0 aliphatic rings. The first-order valence-corrected chi connectivity index (χ1v) is 14.2. The number of sulfonamides is 1. The molecule has 0 bridgehead atoms. The molecule has 0 saturated heterocycles. The summed E-state index contributed by atoms with van der Waals surface area (Å²) in [6, 6.07) is 12.6. The monoisotopic (exact) mass is 579 g/mol. The number of carbonyl (C=O) groups is 1. The lowest BCUT2D eigenvalue weighted by Gasteiger charge is -2.20. The summed E-state index contributed by atoms with van der Waals surface area (Å²) in [6.45, 7) is 3.16. The predicted molar refractivity (Wildman–Crippen MR) is 142 cm³/mol. The Morgan fingerprint density at radius 2 is 1.78 bits per heavy atom. The maximum atomic E-state index is 13.0. The highest BCUT2D eigenvalue weighted by molar-refractivity contribution is 7.89. The van der Waals surface area contributed by atoms with Gasteiger partial charge in [-0.1, -0.05) is 34.5 Å². The van der Waals surface area contributed by atoms with E-state index in [9.17, 15) is 13.2 Å². The number of fused-ring (bicyclic) bond motifs is 1. The third kappa shape index (κ3) is 6.96. The van der Waals surface area contributed by atoms with Crippen molar-refractivity contribution in [1.29, 1.82) is 10.5 Å². The highest BCUT2D eigenvalue weighted by Crippen LogP contribution is 2.29. The van der Waals surface area contributed by atoms with Gasteiger partial charge in [-0.05, 0) is 43.3 Å². The molecule has 194 valence electrons. The van der Waals surface area contributed by atoms with Crippen LogP contribution in [0.25, 0.3) is 10.2 Å². The van der Waals surface area contributed by atoms with Crippen LogP contribution in [0.3, 0.4) is 0 Å². The number of hydrogen-bond donors (Lipinski definition) is 0. The van der Waals surface area contributed by atoms with Gasteiger partial charge in [-0.3, -0.25) is 4.79 Å². The highest BCUT2D eigenvalue weighted by Gasteiger charge is 2.24. The standard InChI is InChI=1S/C24H23Cl2N5O4S2/c1-2-35-14-13-31-22-20(26)15-18(25)16-21(22)36-24(31)29-23(32)17-5-7-19(8-6-17)37(33,34)30(11-3-9-27)12-4-10-28/h5-8,15-16H,2-4,11-14H2,1H3. The van der Waals surface area contributed by atoms with Gasteiger partial charge in [0.2, 0.25) is 10.0 Å². The number of rotatable bonds is 11. The Bertz CT molecular complexity index is 1520. The number of hydrogen-bond acceptors (Lipinski definition) is 7. The van der Waals surface area contributed by atoms with Gasteiger partial charge in [0.15, 0.2) is 4.80 Å². The number of amides is 1. The van der Waals surface area contributed by atoms with Gasteiger partial charge in [0.1, 0.15) is 0 Å². The second kappa shape index (κ2) is 13.2. The van der Waals surface area contributed by atoms with Gasteiger partial charge in [-0.25, -0.2) is 8.42 Å². The fourth-order valence-electron chi connectivity index (χ4n) is 3.49. The van der Waals surface area contributed by atoms with E-state index in [4.69, 9.17) is 38.5 Å². The smallest absolute Gasteiger partial charge is 0.279 e. The summed E-state index contributed by atoms with van der Waals surface area (Å²) in [5.41, 5.74) is 0.885. The average Bonchev–Trinajstić information content (AvgIpc) is 3.21. The van der Waals surface area contributed by atoms with Crippen molar-refractivity contribution in [3.8, 4) is 12.1 Å². The highest BCUT2D eigenvalue weighted by atomic mass is 35.5. The zero-order valence-electron chi connectivity index (χ0n) is 19.9. The van der Waals surface area contributed by atoms with Gasteiger partial charge in [-0.15, -0.1) is 0 Å². The second-order valence-electron chi connectivity index (χ2n) is 7.63. The summed E-state index contributed by atoms with van der Waals surface area (Å²) in [6.07, 6.45) is -0.0123. The molecule has 3 rings (SSSR count). The van der Waals surface area contributed by atoms with Crippen molar-refractivity contribution < 1.29 is 17.9 Å². The van der Waals surface area contributed by atoms with Crippen molar-refractivity contribution in [3.05, 3.63) is 56.8 Å². The molecule has 0 radical (unpaired) electrons. The largest absolute Gasteiger partial charge is 0.380 e. The quantitative estimate of drug-likeness (QED) is 0.305. The zero-order chi connectivity index (χ0) is 27.0. The number of benzene rings is 2. The number of carbonyl (C=O) groups excluding carboxylic acids is 1. The van der Waals surface area contributed by atoms with E-state index in [-0.39, 0.29) is 36.4 Å². The summed E-state index contributed by atoms with van der Waals surface area (Å²) in [5, 5.41) is 18.6. The molecule has 2 aromatic carbocycles. The molecule has 0 N–H and O–H groups in total. The van der Waals surface area contributed by atoms with Crippen LogP contribution in [-0.2, 0) is 21.3 Å². The van der Waals surface area contributed by atoms with Gasteiger partial charge >= 0.3 is 0 Å². The van der Waals surface area contributed by atoms with Gasteiger partial charge in [0, 0.05) is 49.7 Å². The number of halogens is 2. The SMILES string of the molecule is CCOCCn1c(=NC(=O)c2ccc(S(=O)(=O)N(CCC#N)CCC#N)cc2)sc2cc(Cl)cc(Cl)c21. The van der Waals surface area contributed by atoms with Crippen LogP contribution in [0.15, 0.2) is 46.3 Å². The number of nitriles is 2. The Labute approximate surface area is 228 Å². The molecule has 0 fully saturated rings. The molecule has 1 heterocycles. The molecule has 0 aliphatic carbocycles. The minimum atomic E-state index is -3.95. The van der Waals surface area contributed by atoms with E-state index in [2.05, 4.69) is 4.99 Å². The van der Waals surface area contributed by atoms with Crippen molar-refractivity contribution in [1.82, 2.24) is 8.87 Å². The van der Waals surface area contributed by atoms with E-state index in [0.717, 1.165) is 9.01 Å². The van der Waals surface area contributed by atoms with Crippen molar-refractivity contribution >= 4 is 60.7 Å². The normalized spacial score (nSPS) is 12.1. The van der Waals surface area contributed by atoms with E-state index in [1.807, 2.05) is 19.1 Å². The van der Waals surface area contributed by atoms with Crippen molar-refractivity contribution in [3.63, 3.8) is 0 Å². The molecule has 0 unspecified atom stereocenters. The molecule has 0 spiro atoms. The predicted octanol–water partition coefficient (Wildman–Crippen LogP) is 4.61. The molecule has 3 aromatic rings. The molecule has 9 nitrogen and oxygen atoms in total. The topological polar surface area (TPSA) is 129 Å². The van der Waals surface area contributed by atoms with Crippen LogP contribution in [0.1, 0.15) is 30.1 Å². The number of nitrogens with zero attached hydrogens (tertiary/aromatic N) is 5. The molecule has 13 heteroatoms. The Hall–Kier alpha value is -2.77. The maximum Gasteiger partial charge on any atom is 0.279 e. The lowest BCUT2D eigenvalue weighted by molar-refractivity contribution is 0.0996. The van der Waals surface area contributed by atoms with Gasteiger partial charge in [0.25, 0.3) is 5.91 Å². The summed E-state index contributed by atoms with van der Waals surface area (Å²) < 4.78 is 35.1. The lowest BCUT2D eigenvalue weighted by Crippen LogP contribution is -2.32. The minimum absolute atomic E-state index is 0.00615. The Morgan fingerprint density at radius 3 is 2.38 bits per heavy atom. The summed E-state index contributed by atoms with van der Waals surface area (Å²) in [5.74, 6) is -0.561. The van der Waals surface area contributed by atoms with Crippen LogP contribution in [0, 0.1) is 22.7 Å². The van der Waals surface area contributed by atoms with Crippen molar-refractivity contribution in [2.75, 3.05) is 26.3 Å². The first-order chi connectivity index (χ1) is 17.7. The first kappa shape index (κ1) is 28.8. The van der Waals surface area contributed by atoms with Crippen LogP contribution in [0.5, 0.6) is 0 Å². The summed E-state index contributed by atoms with van der Waals surface area (Å²) >= 11 is 13.8. The Balaban J connectivity index is 1.95. The van der Waals surface area contributed by atoms with Crippen LogP contribution in [-0.4, -0.2) is 49.5 Å². The van der Waals surface area contributed by atoms with E-state index >= 15 is 0 Å². The van der Waals surface area contributed by atoms with Crippen molar-refractivity contribution in [2.45, 2.75) is 31.2 Å². The summed E-state index contributed by atoms with van der Waals surface area (Å²) in [4.78, 5) is 17.6. The minimum Gasteiger partial charge on any atom is -0.380 e. The summed E-state index contributed by atoms with van der Waals surface area (Å²) in [7, 11) is -3.95. The van der Waals surface area contributed by atoms with E-state index in [1.165, 1.54) is 35.6 Å². The van der Waals surface area contributed by atoms with E-state index in [0.29, 0.717) is 40.1 Å². The fraction of sp³-hybridized carbons (Fsp3) is 0.333. The molecule has 0 atom stereocenters. The number of aromatic nitrogens is 1. The molecule has 37 heavy (non-hydrogen) atoms. The third-order valence-corrected chi connectivity index (χ3v) is 8.69. The third-order valence-electron chi connectivity index (χ3n) is 5.24. The van der Waals surface area contributed by atoms with Crippen LogP contribution in [0.2, 0.25) is 10.0 Å². The van der Waals surface area contributed by atoms with Crippen molar-refractivity contribution in [2.24, 2.45) is 4.99 Å². The molecule has 0 aliphatic heterocycles.